The molecule has 0 unspecified atom stereocenters. The fraction of sp³-hybridized carbons (Fsp3) is 0.688. The van der Waals surface area contributed by atoms with Crippen LogP contribution in [-0.4, -0.2) is 63.6 Å². The number of aromatic nitrogens is 6. The van der Waals surface area contributed by atoms with Gasteiger partial charge in [0.1, 0.15) is 11.9 Å². The Balaban J connectivity index is 1.58. The van der Waals surface area contributed by atoms with Gasteiger partial charge in [0.2, 0.25) is 5.95 Å². The molecule has 10 heteroatoms. The summed E-state index contributed by atoms with van der Waals surface area (Å²) in [5.74, 6) is 1.99. The van der Waals surface area contributed by atoms with Crippen molar-refractivity contribution in [2.75, 3.05) is 44.0 Å². The summed E-state index contributed by atoms with van der Waals surface area (Å²) in [6.45, 7) is 3.12. The number of morpholine rings is 1. The van der Waals surface area contributed by atoms with Gasteiger partial charge in [0.15, 0.2) is 5.82 Å². The molecule has 26 heavy (non-hydrogen) atoms. The lowest BCUT2D eigenvalue weighted by Crippen LogP contribution is -2.41. The van der Waals surface area contributed by atoms with Gasteiger partial charge in [-0.25, -0.2) is 9.67 Å². The second-order valence-electron chi connectivity index (χ2n) is 6.60. The minimum atomic E-state index is -0.217. The van der Waals surface area contributed by atoms with E-state index in [1.54, 1.807) is 11.8 Å². The van der Waals surface area contributed by atoms with Crippen LogP contribution in [0.3, 0.4) is 0 Å². The predicted octanol–water partition coefficient (Wildman–Crippen LogP) is 0.148. The number of nitrogen functional groups attached to an aromatic ring is 1. The van der Waals surface area contributed by atoms with E-state index in [9.17, 15) is 0 Å². The minimum Gasteiger partial charge on any atom is -0.383 e. The zero-order valence-corrected chi connectivity index (χ0v) is 15.0. The molecule has 0 aromatic carbocycles. The molecular formula is C16H24N8O2. The lowest BCUT2D eigenvalue weighted by atomic mass is 9.96. The smallest absolute Gasteiger partial charge is 0.222 e. The molecule has 1 aliphatic carbocycles. The van der Waals surface area contributed by atoms with Gasteiger partial charge in [-0.05, 0) is 36.1 Å². The summed E-state index contributed by atoms with van der Waals surface area (Å²) in [6.07, 6.45) is 4.07. The number of ether oxygens (including phenoxy) is 2. The number of fused-ring (bicyclic) bond motifs is 1. The average molecular weight is 360 g/mol. The summed E-state index contributed by atoms with van der Waals surface area (Å²) in [5.41, 5.74) is 8.28. The Morgan fingerprint density at radius 2 is 2.15 bits per heavy atom. The van der Waals surface area contributed by atoms with E-state index in [4.69, 9.17) is 15.2 Å². The second-order valence-corrected chi connectivity index (χ2v) is 6.60. The van der Waals surface area contributed by atoms with Gasteiger partial charge < -0.3 is 20.1 Å². The van der Waals surface area contributed by atoms with Gasteiger partial charge in [-0.3, -0.25) is 0 Å². The molecule has 0 saturated carbocycles. The van der Waals surface area contributed by atoms with Crippen molar-refractivity contribution in [3.8, 4) is 0 Å². The fourth-order valence-corrected chi connectivity index (χ4v) is 3.63. The third-order valence-corrected chi connectivity index (χ3v) is 4.90. The topological polar surface area (TPSA) is 117 Å². The molecule has 10 nitrogen and oxygen atoms in total. The quantitative estimate of drug-likeness (QED) is 0.795. The van der Waals surface area contributed by atoms with Gasteiger partial charge in [0.05, 0.1) is 32.0 Å². The maximum Gasteiger partial charge on any atom is 0.222 e. The monoisotopic (exact) mass is 360 g/mol. The highest BCUT2D eigenvalue weighted by atomic mass is 16.5. The minimum absolute atomic E-state index is 0.217. The normalized spacial score (nSPS) is 20.2. The van der Waals surface area contributed by atoms with E-state index in [0.29, 0.717) is 38.1 Å². The summed E-state index contributed by atoms with van der Waals surface area (Å²) in [4.78, 5) is 11.2. The molecule has 2 aromatic rings. The van der Waals surface area contributed by atoms with E-state index in [0.717, 1.165) is 43.7 Å². The highest BCUT2D eigenvalue weighted by Crippen LogP contribution is 2.31. The molecule has 1 aliphatic heterocycles. The molecule has 2 aromatic heterocycles. The molecule has 2 N–H and O–H groups in total. The van der Waals surface area contributed by atoms with Crippen LogP contribution in [0.25, 0.3) is 0 Å². The SMILES string of the molecule is COCCn1nnnc1[C@H]1CN(c2nc(N)nc3c2CCCC3)CCO1. The summed E-state index contributed by atoms with van der Waals surface area (Å²) in [6, 6.07) is 0. The lowest BCUT2D eigenvalue weighted by molar-refractivity contribution is 0.0296. The maximum atomic E-state index is 5.97. The van der Waals surface area contributed by atoms with Crippen LogP contribution in [0.2, 0.25) is 0 Å². The Kier molecular flexibility index (Phi) is 4.93. The van der Waals surface area contributed by atoms with Crippen LogP contribution >= 0.6 is 0 Å². The van der Waals surface area contributed by atoms with E-state index in [2.05, 4.69) is 30.4 Å². The second kappa shape index (κ2) is 7.50. The third kappa shape index (κ3) is 3.34. The molecule has 0 amide bonds. The van der Waals surface area contributed by atoms with Gasteiger partial charge in [-0.1, -0.05) is 0 Å². The number of tetrazole rings is 1. The van der Waals surface area contributed by atoms with Gasteiger partial charge >= 0.3 is 0 Å². The Morgan fingerprint density at radius 3 is 3.04 bits per heavy atom. The van der Waals surface area contributed by atoms with E-state index in [1.165, 1.54) is 5.56 Å². The number of anilines is 2. The molecule has 1 saturated heterocycles. The van der Waals surface area contributed by atoms with Crippen molar-refractivity contribution >= 4 is 11.8 Å². The van der Waals surface area contributed by atoms with Gasteiger partial charge in [-0.2, -0.15) is 4.98 Å². The third-order valence-electron chi connectivity index (χ3n) is 4.90. The summed E-state index contributed by atoms with van der Waals surface area (Å²) in [5, 5.41) is 12.0. The van der Waals surface area contributed by atoms with Crippen molar-refractivity contribution in [2.24, 2.45) is 0 Å². The Bertz CT molecular complexity index is 765. The highest BCUT2D eigenvalue weighted by molar-refractivity contribution is 5.53. The molecule has 140 valence electrons. The molecule has 4 rings (SSSR count). The molecular weight excluding hydrogens is 336 g/mol. The molecule has 1 fully saturated rings. The number of hydrogen-bond donors (Lipinski definition) is 1. The van der Waals surface area contributed by atoms with Gasteiger partial charge in [0, 0.05) is 19.2 Å². The van der Waals surface area contributed by atoms with Crippen LogP contribution in [0.1, 0.15) is 36.0 Å². The van der Waals surface area contributed by atoms with Crippen LogP contribution < -0.4 is 10.6 Å². The number of nitrogens with two attached hydrogens (primary N) is 1. The highest BCUT2D eigenvalue weighted by Gasteiger charge is 2.30. The predicted molar refractivity (Wildman–Crippen MR) is 93.7 cm³/mol. The zero-order chi connectivity index (χ0) is 17.9. The number of rotatable bonds is 5. The first-order valence-corrected chi connectivity index (χ1v) is 9.03. The van der Waals surface area contributed by atoms with Crippen molar-refractivity contribution < 1.29 is 9.47 Å². The van der Waals surface area contributed by atoms with E-state index < -0.39 is 0 Å². The van der Waals surface area contributed by atoms with Crippen molar-refractivity contribution in [2.45, 2.75) is 38.3 Å². The van der Waals surface area contributed by atoms with Crippen molar-refractivity contribution in [1.29, 1.82) is 0 Å². The van der Waals surface area contributed by atoms with Crippen molar-refractivity contribution in [3.63, 3.8) is 0 Å². The number of hydrogen-bond acceptors (Lipinski definition) is 9. The first-order chi connectivity index (χ1) is 12.8. The summed E-state index contributed by atoms with van der Waals surface area (Å²) >= 11 is 0. The standard InChI is InChI=1S/C16H24N8O2/c1-25-8-7-24-15(20-21-22-24)13-10-23(6-9-26-13)14-11-4-2-3-5-12(11)18-16(17)19-14/h13H,2-10H2,1H3,(H2,17,18,19)/t13-/m1/s1. The average Bonchev–Trinajstić information content (AvgIpc) is 3.14. The van der Waals surface area contributed by atoms with E-state index in [-0.39, 0.29) is 6.10 Å². The molecule has 2 aliphatic rings. The Hall–Kier alpha value is -2.33. The largest absolute Gasteiger partial charge is 0.383 e. The number of aryl methyl sites for hydroxylation is 1. The first-order valence-electron chi connectivity index (χ1n) is 9.03. The maximum absolute atomic E-state index is 5.97. The van der Waals surface area contributed by atoms with Crippen molar-refractivity contribution in [3.05, 3.63) is 17.1 Å². The van der Waals surface area contributed by atoms with Gasteiger partial charge in [0.25, 0.3) is 0 Å². The first kappa shape index (κ1) is 17.1. The van der Waals surface area contributed by atoms with Crippen LogP contribution in [0, 0.1) is 0 Å². The lowest BCUT2D eigenvalue weighted by Gasteiger charge is -2.35. The Morgan fingerprint density at radius 1 is 1.27 bits per heavy atom. The molecule has 0 spiro atoms. The number of nitrogens with zero attached hydrogens (tertiary/aromatic N) is 7. The number of methoxy groups -OCH3 is 1. The van der Waals surface area contributed by atoms with E-state index in [1.807, 2.05) is 0 Å². The summed E-state index contributed by atoms with van der Waals surface area (Å²) in [7, 11) is 1.66. The van der Waals surface area contributed by atoms with E-state index >= 15 is 0 Å². The zero-order valence-electron chi connectivity index (χ0n) is 15.0. The van der Waals surface area contributed by atoms with Crippen molar-refractivity contribution in [1.82, 2.24) is 30.2 Å². The fourth-order valence-electron chi connectivity index (χ4n) is 3.63. The molecule has 0 radical (unpaired) electrons. The molecule has 1 atom stereocenters. The summed E-state index contributed by atoms with van der Waals surface area (Å²) < 4.78 is 12.8. The van der Waals surface area contributed by atoms with Gasteiger partial charge in [-0.15, -0.1) is 5.10 Å². The van der Waals surface area contributed by atoms with Crippen LogP contribution in [0.4, 0.5) is 11.8 Å². The van der Waals surface area contributed by atoms with Crippen LogP contribution in [-0.2, 0) is 28.9 Å². The molecule has 3 heterocycles. The van der Waals surface area contributed by atoms with Crippen LogP contribution in [0.15, 0.2) is 0 Å². The van der Waals surface area contributed by atoms with Crippen LogP contribution in [0.5, 0.6) is 0 Å². The molecule has 0 bridgehead atoms. The Labute approximate surface area is 151 Å².